The van der Waals surface area contributed by atoms with E-state index in [1.54, 1.807) is 12.1 Å². The number of nitrogens with zero attached hydrogens (tertiary/aromatic N) is 2. The zero-order valence-electron chi connectivity index (χ0n) is 12.9. The molecule has 4 nitrogen and oxygen atoms in total. The number of amides is 1. The molecule has 23 heavy (non-hydrogen) atoms. The van der Waals surface area contributed by atoms with Gasteiger partial charge in [0.2, 0.25) is 11.0 Å². The third kappa shape index (κ3) is 4.58. The molecule has 0 spiro atoms. The van der Waals surface area contributed by atoms with E-state index in [0.29, 0.717) is 23.3 Å². The number of carbonyl (C=O) groups excluding carboxylic acids is 1. The van der Waals surface area contributed by atoms with Crippen molar-refractivity contribution >= 4 is 22.6 Å². The van der Waals surface area contributed by atoms with E-state index in [9.17, 15) is 9.18 Å². The Morgan fingerprint density at radius 2 is 1.96 bits per heavy atom. The summed E-state index contributed by atoms with van der Waals surface area (Å²) < 4.78 is 17.1. The zero-order valence-corrected chi connectivity index (χ0v) is 13.7. The molecule has 122 valence electrons. The van der Waals surface area contributed by atoms with Gasteiger partial charge in [0, 0.05) is 23.5 Å². The minimum Gasteiger partial charge on any atom is -0.301 e. The fourth-order valence-corrected chi connectivity index (χ4v) is 3.59. The number of anilines is 1. The van der Waals surface area contributed by atoms with Gasteiger partial charge in [-0.3, -0.25) is 4.79 Å². The van der Waals surface area contributed by atoms with Gasteiger partial charge in [0.1, 0.15) is 5.82 Å². The second-order valence-electron chi connectivity index (χ2n) is 6.02. The van der Waals surface area contributed by atoms with Gasteiger partial charge in [-0.2, -0.15) is 9.36 Å². The Kier molecular flexibility index (Phi) is 5.33. The number of nitrogens with one attached hydrogen (secondary N) is 1. The van der Waals surface area contributed by atoms with E-state index in [-0.39, 0.29) is 11.7 Å². The van der Waals surface area contributed by atoms with Gasteiger partial charge in [-0.15, -0.1) is 0 Å². The minimum absolute atomic E-state index is 0.00243. The Balaban J connectivity index is 1.51. The third-order valence-corrected chi connectivity index (χ3v) is 4.91. The van der Waals surface area contributed by atoms with Gasteiger partial charge in [0.25, 0.3) is 0 Å². The quantitative estimate of drug-likeness (QED) is 0.867. The fraction of sp³-hybridized carbons (Fsp3) is 0.471. The summed E-state index contributed by atoms with van der Waals surface area (Å²) in [5, 5.41) is 3.31. The number of hydrogen-bond donors (Lipinski definition) is 1. The van der Waals surface area contributed by atoms with Crippen molar-refractivity contribution in [3.63, 3.8) is 0 Å². The van der Waals surface area contributed by atoms with Crippen LogP contribution in [0.1, 0.15) is 44.9 Å². The van der Waals surface area contributed by atoms with E-state index in [1.807, 2.05) is 0 Å². The van der Waals surface area contributed by atoms with Crippen molar-refractivity contribution in [3.05, 3.63) is 30.1 Å². The number of benzene rings is 1. The molecule has 3 rings (SSSR count). The lowest BCUT2D eigenvalue weighted by molar-refractivity contribution is -0.116. The van der Waals surface area contributed by atoms with Crippen LogP contribution in [0.15, 0.2) is 24.3 Å². The Hall–Kier alpha value is -1.82. The highest BCUT2D eigenvalue weighted by Gasteiger charge is 2.16. The molecule has 1 aromatic carbocycles. The molecule has 1 N–H and O–H groups in total. The lowest BCUT2D eigenvalue weighted by Crippen LogP contribution is -2.14. The Labute approximate surface area is 139 Å². The monoisotopic (exact) mass is 333 g/mol. The summed E-state index contributed by atoms with van der Waals surface area (Å²) in [6, 6.07) is 6.01. The van der Waals surface area contributed by atoms with E-state index >= 15 is 0 Å². The number of aromatic nitrogens is 2. The molecule has 0 saturated heterocycles. The normalized spacial score (nSPS) is 15.5. The standard InChI is InChI=1S/C17H20FN3OS/c18-14-9-7-13(8-10-14)16-20-17(23-21-16)19-15(22)11-6-12-4-2-1-3-5-12/h7-10,12H,1-6,11H2,(H,19,20,21,22). The Bertz CT molecular complexity index is 650. The first-order chi connectivity index (χ1) is 11.2. The first kappa shape index (κ1) is 16.1. The van der Waals surface area contributed by atoms with E-state index in [1.165, 1.54) is 44.2 Å². The molecule has 0 aliphatic heterocycles. The van der Waals surface area contributed by atoms with Crippen molar-refractivity contribution in [1.82, 2.24) is 9.36 Å². The molecule has 0 atom stereocenters. The number of carbonyl (C=O) groups is 1. The molecule has 0 bridgehead atoms. The van der Waals surface area contributed by atoms with E-state index in [4.69, 9.17) is 0 Å². The van der Waals surface area contributed by atoms with Crippen LogP contribution in [0, 0.1) is 11.7 Å². The molecular weight excluding hydrogens is 313 g/mol. The molecular formula is C17H20FN3OS. The molecule has 1 amide bonds. The van der Waals surface area contributed by atoms with E-state index in [0.717, 1.165) is 23.5 Å². The van der Waals surface area contributed by atoms with Gasteiger partial charge in [0.05, 0.1) is 0 Å². The van der Waals surface area contributed by atoms with Crippen LogP contribution in [0.5, 0.6) is 0 Å². The van der Waals surface area contributed by atoms with Crippen LogP contribution >= 0.6 is 11.5 Å². The molecule has 1 saturated carbocycles. The summed E-state index contributed by atoms with van der Waals surface area (Å²) in [6.07, 6.45) is 7.92. The van der Waals surface area contributed by atoms with Crippen molar-refractivity contribution in [2.75, 3.05) is 5.32 Å². The predicted octanol–water partition coefficient (Wildman–Crippen LogP) is 4.64. The molecule has 1 aromatic heterocycles. The first-order valence-electron chi connectivity index (χ1n) is 8.10. The second kappa shape index (κ2) is 7.64. The van der Waals surface area contributed by atoms with Crippen LogP contribution in [-0.2, 0) is 4.79 Å². The van der Waals surface area contributed by atoms with Gasteiger partial charge < -0.3 is 5.32 Å². The molecule has 0 radical (unpaired) electrons. The smallest absolute Gasteiger partial charge is 0.226 e. The summed E-state index contributed by atoms with van der Waals surface area (Å²) >= 11 is 1.15. The highest BCUT2D eigenvalue weighted by Crippen LogP contribution is 2.27. The highest BCUT2D eigenvalue weighted by atomic mass is 32.1. The van der Waals surface area contributed by atoms with Crippen LogP contribution in [-0.4, -0.2) is 15.3 Å². The highest BCUT2D eigenvalue weighted by molar-refractivity contribution is 7.10. The fourth-order valence-electron chi connectivity index (χ4n) is 2.98. The van der Waals surface area contributed by atoms with Crippen LogP contribution in [0.2, 0.25) is 0 Å². The van der Waals surface area contributed by atoms with Crippen LogP contribution in [0.4, 0.5) is 9.52 Å². The number of hydrogen-bond acceptors (Lipinski definition) is 4. The maximum absolute atomic E-state index is 12.9. The third-order valence-electron chi connectivity index (χ3n) is 4.28. The van der Waals surface area contributed by atoms with Crippen molar-refractivity contribution < 1.29 is 9.18 Å². The van der Waals surface area contributed by atoms with Gasteiger partial charge in [0.15, 0.2) is 5.82 Å². The Morgan fingerprint density at radius 1 is 1.22 bits per heavy atom. The van der Waals surface area contributed by atoms with E-state index in [2.05, 4.69) is 14.7 Å². The number of halogens is 1. The van der Waals surface area contributed by atoms with Gasteiger partial charge in [-0.25, -0.2) is 4.39 Å². The van der Waals surface area contributed by atoms with Crippen molar-refractivity contribution in [2.24, 2.45) is 5.92 Å². The second-order valence-corrected chi connectivity index (χ2v) is 6.77. The Morgan fingerprint density at radius 3 is 2.70 bits per heavy atom. The molecule has 1 aliphatic carbocycles. The minimum atomic E-state index is -0.291. The lowest BCUT2D eigenvalue weighted by atomic mass is 9.86. The first-order valence-corrected chi connectivity index (χ1v) is 8.87. The average molecular weight is 333 g/mol. The lowest BCUT2D eigenvalue weighted by Gasteiger charge is -2.20. The summed E-state index contributed by atoms with van der Waals surface area (Å²) in [4.78, 5) is 16.3. The topological polar surface area (TPSA) is 54.9 Å². The molecule has 2 aromatic rings. The summed E-state index contributed by atoms with van der Waals surface area (Å²) in [5.74, 6) is 0.911. The van der Waals surface area contributed by atoms with E-state index < -0.39 is 0 Å². The number of rotatable bonds is 5. The van der Waals surface area contributed by atoms with Crippen molar-refractivity contribution in [2.45, 2.75) is 44.9 Å². The van der Waals surface area contributed by atoms with Crippen molar-refractivity contribution in [1.29, 1.82) is 0 Å². The zero-order chi connectivity index (χ0) is 16.1. The molecule has 1 heterocycles. The van der Waals surface area contributed by atoms with Crippen LogP contribution < -0.4 is 5.32 Å². The largest absolute Gasteiger partial charge is 0.301 e. The summed E-state index contributed by atoms with van der Waals surface area (Å²) in [5.41, 5.74) is 0.741. The maximum atomic E-state index is 12.9. The maximum Gasteiger partial charge on any atom is 0.226 e. The van der Waals surface area contributed by atoms with Gasteiger partial charge >= 0.3 is 0 Å². The molecule has 1 fully saturated rings. The van der Waals surface area contributed by atoms with Crippen molar-refractivity contribution in [3.8, 4) is 11.4 Å². The van der Waals surface area contributed by atoms with Gasteiger partial charge in [-0.05, 0) is 36.6 Å². The van der Waals surface area contributed by atoms with Crippen LogP contribution in [0.25, 0.3) is 11.4 Å². The summed E-state index contributed by atoms with van der Waals surface area (Å²) in [6.45, 7) is 0. The average Bonchev–Trinajstić information content (AvgIpc) is 3.03. The predicted molar refractivity (Wildman–Crippen MR) is 89.7 cm³/mol. The molecule has 0 unspecified atom stereocenters. The molecule has 6 heteroatoms. The molecule has 1 aliphatic rings. The van der Waals surface area contributed by atoms with Crippen LogP contribution in [0.3, 0.4) is 0 Å². The van der Waals surface area contributed by atoms with Gasteiger partial charge in [-0.1, -0.05) is 32.1 Å². The summed E-state index contributed by atoms with van der Waals surface area (Å²) in [7, 11) is 0. The SMILES string of the molecule is O=C(CCC1CCCCC1)Nc1nc(-c2ccc(F)cc2)ns1.